The van der Waals surface area contributed by atoms with Crippen LogP contribution in [0.5, 0.6) is 0 Å². The van der Waals surface area contributed by atoms with Crippen molar-refractivity contribution in [1.29, 1.82) is 0 Å². The maximum Gasteiger partial charge on any atom is 0.316 e. The summed E-state index contributed by atoms with van der Waals surface area (Å²) >= 11 is 1.14. The second kappa shape index (κ2) is 6.75. The molecule has 0 aliphatic rings. The molecule has 0 unspecified atom stereocenters. The Balaban J connectivity index is 1.77. The molecule has 1 heterocycles. The molecule has 6 heteroatoms. The van der Waals surface area contributed by atoms with E-state index in [9.17, 15) is 9.59 Å². The molecule has 0 saturated heterocycles. The van der Waals surface area contributed by atoms with Gasteiger partial charge in [-0.05, 0) is 5.56 Å². The van der Waals surface area contributed by atoms with Gasteiger partial charge in [0.05, 0.1) is 5.75 Å². The van der Waals surface area contributed by atoms with Crippen LogP contribution in [0.2, 0.25) is 0 Å². The molecule has 0 radical (unpaired) electrons. The summed E-state index contributed by atoms with van der Waals surface area (Å²) in [5.41, 5.74) is 0.697. The average molecular weight is 276 g/mol. The molecule has 1 aromatic carbocycles. The minimum Gasteiger partial charge on any atom is -0.460 e. The Morgan fingerprint density at radius 3 is 2.79 bits per heavy atom. The normalized spacial score (nSPS) is 10.1. The molecule has 0 saturated carbocycles. The second-order valence-electron chi connectivity index (χ2n) is 3.67. The summed E-state index contributed by atoms with van der Waals surface area (Å²) < 4.78 is 5.10. The number of hydrogen-bond acceptors (Lipinski definition) is 5. The summed E-state index contributed by atoms with van der Waals surface area (Å²) in [5, 5.41) is 0.407. The Morgan fingerprint density at radius 2 is 2.05 bits per heavy atom. The summed E-state index contributed by atoms with van der Waals surface area (Å²) in [7, 11) is 0. The van der Waals surface area contributed by atoms with Crippen molar-refractivity contribution in [2.24, 2.45) is 0 Å². The Kier molecular flexibility index (Phi) is 4.74. The Morgan fingerprint density at radius 1 is 1.26 bits per heavy atom. The van der Waals surface area contributed by atoms with Crippen molar-refractivity contribution >= 4 is 17.7 Å². The molecule has 0 aliphatic heterocycles. The van der Waals surface area contributed by atoms with Crippen molar-refractivity contribution in [1.82, 2.24) is 9.97 Å². The fraction of sp³-hybridized carbons (Fsp3) is 0.154. The van der Waals surface area contributed by atoms with E-state index >= 15 is 0 Å². The van der Waals surface area contributed by atoms with Gasteiger partial charge in [0.2, 0.25) is 0 Å². The highest BCUT2D eigenvalue weighted by molar-refractivity contribution is 7.99. The van der Waals surface area contributed by atoms with E-state index < -0.39 is 0 Å². The third-order valence-corrected chi connectivity index (χ3v) is 3.08. The van der Waals surface area contributed by atoms with Gasteiger partial charge < -0.3 is 9.72 Å². The number of esters is 1. The van der Waals surface area contributed by atoms with Gasteiger partial charge in [0.25, 0.3) is 5.56 Å². The zero-order valence-electron chi connectivity index (χ0n) is 10.0. The van der Waals surface area contributed by atoms with E-state index in [-0.39, 0.29) is 23.9 Å². The lowest BCUT2D eigenvalue weighted by Gasteiger charge is -2.04. The summed E-state index contributed by atoms with van der Waals surface area (Å²) in [4.78, 5) is 29.0. The van der Waals surface area contributed by atoms with Crippen LogP contribution in [0.4, 0.5) is 0 Å². The van der Waals surface area contributed by atoms with Crippen molar-refractivity contribution in [3.05, 3.63) is 58.5 Å². The van der Waals surface area contributed by atoms with Gasteiger partial charge in [0.1, 0.15) is 6.61 Å². The topological polar surface area (TPSA) is 72.0 Å². The first-order valence-corrected chi connectivity index (χ1v) is 6.60. The molecule has 19 heavy (non-hydrogen) atoms. The number of benzene rings is 1. The van der Waals surface area contributed by atoms with Gasteiger partial charge in [0.15, 0.2) is 5.16 Å². The number of H-pyrrole nitrogens is 1. The summed E-state index contributed by atoms with van der Waals surface area (Å²) in [6.45, 7) is 0.249. The first kappa shape index (κ1) is 13.4. The fourth-order valence-electron chi connectivity index (χ4n) is 1.33. The second-order valence-corrected chi connectivity index (χ2v) is 4.64. The van der Waals surface area contributed by atoms with Crippen LogP contribution in [0.1, 0.15) is 5.56 Å². The molecular formula is C13H12N2O3S. The molecule has 0 bridgehead atoms. The number of carbonyl (C=O) groups excluding carboxylic acids is 1. The molecule has 1 N–H and O–H groups in total. The third kappa shape index (κ3) is 4.59. The zero-order valence-corrected chi connectivity index (χ0v) is 10.9. The van der Waals surface area contributed by atoms with Crippen molar-refractivity contribution in [3.63, 3.8) is 0 Å². The lowest BCUT2D eigenvalue weighted by molar-refractivity contribution is -0.141. The first-order chi connectivity index (χ1) is 9.24. The predicted octanol–water partition coefficient (Wildman–Crippen LogP) is 1.61. The van der Waals surface area contributed by atoms with Gasteiger partial charge in [-0.25, -0.2) is 4.98 Å². The Labute approximate surface area is 114 Å². The number of aromatic nitrogens is 2. The monoisotopic (exact) mass is 276 g/mol. The van der Waals surface area contributed by atoms with Crippen LogP contribution in [-0.2, 0) is 16.1 Å². The number of nitrogens with zero attached hydrogens (tertiary/aromatic N) is 1. The van der Waals surface area contributed by atoms with Crippen LogP contribution in [-0.4, -0.2) is 21.7 Å². The molecule has 0 fully saturated rings. The highest BCUT2D eigenvalue weighted by Crippen LogP contribution is 2.10. The number of nitrogens with one attached hydrogen (secondary N) is 1. The van der Waals surface area contributed by atoms with Crippen molar-refractivity contribution < 1.29 is 9.53 Å². The molecule has 1 aromatic heterocycles. The fourth-order valence-corrected chi connectivity index (χ4v) is 1.98. The van der Waals surface area contributed by atoms with E-state index in [1.165, 1.54) is 12.3 Å². The highest BCUT2D eigenvalue weighted by atomic mass is 32.2. The van der Waals surface area contributed by atoms with Crippen LogP contribution >= 0.6 is 11.8 Å². The summed E-state index contributed by atoms with van der Waals surface area (Å²) in [6.07, 6.45) is 1.40. The molecule has 0 spiro atoms. The third-order valence-electron chi connectivity index (χ3n) is 2.22. The molecule has 2 aromatic rings. The average Bonchev–Trinajstić information content (AvgIpc) is 2.44. The lowest BCUT2D eigenvalue weighted by Crippen LogP contribution is -2.10. The number of ether oxygens (including phenoxy) is 1. The van der Waals surface area contributed by atoms with E-state index in [4.69, 9.17) is 4.74 Å². The molecule has 98 valence electrons. The van der Waals surface area contributed by atoms with Gasteiger partial charge >= 0.3 is 5.97 Å². The van der Waals surface area contributed by atoms with Gasteiger partial charge in [-0.3, -0.25) is 9.59 Å². The SMILES string of the molecule is O=C(CSc1nccc(=O)[nH]1)OCc1ccccc1. The van der Waals surface area contributed by atoms with Gasteiger partial charge in [-0.15, -0.1) is 0 Å². The van der Waals surface area contributed by atoms with Gasteiger partial charge in [-0.1, -0.05) is 42.1 Å². The van der Waals surface area contributed by atoms with Crippen LogP contribution < -0.4 is 5.56 Å². The number of carbonyl (C=O) groups is 1. The largest absolute Gasteiger partial charge is 0.460 e. The number of thioether (sulfide) groups is 1. The van der Waals surface area contributed by atoms with Crippen molar-refractivity contribution in [2.45, 2.75) is 11.8 Å². The van der Waals surface area contributed by atoms with E-state index in [0.29, 0.717) is 5.16 Å². The maximum atomic E-state index is 11.5. The van der Waals surface area contributed by atoms with Gasteiger partial charge in [0, 0.05) is 12.3 Å². The number of rotatable bonds is 5. The Hall–Kier alpha value is -2.08. The van der Waals surface area contributed by atoms with Gasteiger partial charge in [-0.2, -0.15) is 0 Å². The van der Waals surface area contributed by atoms with Crippen LogP contribution in [0.25, 0.3) is 0 Å². The maximum absolute atomic E-state index is 11.5. The molecule has 0 aliphatic carbocycles. The number of hydrogen-bond donors (Lipinski definition) is 1. The quantitative estimate of drug-likeness (QED) is 0.510. The zero-order chi connectivity index (χ0) is 13.5. The van der Waals surface area contributed by atoms with E-state index in [0.717, 1.165) is 17.3 Å². The summed E-state index contributed by atoms with van der Waals surface area (Å²) in [5.74, 6) is -0.236. The molecule has 0 atom stereocenters. The van der Waals surface area contributed by atoms with Crippen LogP contribution in [0.15, 0.2) is 52.5 Å². The highest BCUT2D eigenvalue weighted by Gasteiger charge is 2.05. The van der Waals surface area contributed by atoms with Crippen LogP contribution in [0, 0.1) is 0 Å². The smallest absolute Gasteiger partial charge is 0.316 e. The Bertz CT molecular complexity index is 598. The minimum absolute atomic E-state index is 0.111. The number of aromatic amines is 1. The van der Waals surface area contributed by atoms with Crippen LogP contribution in [0.3, 0.4) is 0 Å². The minimum atomic E-state index is -0.347. The van der Waals surface area contributed by atoms with Crippen molar-refractivity contribution in [3.8, 4) is 0 Å². The summed E-state index contributed by atoms with van der Waals surface area (Å²) in [6, 6.07) is 10.8. The van der Waals surface area contributed by atoms with E-state index in [1.54, 1.807) is 0 Å². The van der Waals surface area contributed by atoms with Crippen molar-refractivity contribution in [2.75, 3.05) is 5.75 Å². The lowest BCUT2D eigenvalue weighted by atomic mass is 10.2. The predicted molar refractivity (Wildman–Crippen MR) is 71.8 cm³/mol. The molecule has 2 rings (SSSR count). The molecule has 0 amide bonds. The molecule has 5 nitrogen and oxygen atoms in total. The molecular weight excluding hydrogens is 264 g/mol. The standard InChI is InChI=1S/C13H12N2O3S/c16-11-6-7-14-13(15-11)19-9-12(17)18-8-10-4-2-1-3-5-10/h1-7H,8-9H2,(H,14,15,16). The van der Waals surface area contributed by atoms with E-state index in [2.05, 4.69) is 9.97 Å². The first-order valence-electron chi connectivity index (χ1n) is 5.62. The van der Waals surface area contributed by atoms with E-state index in [1.807, 2.05) is 30.3 Å².